The first kappa shape index (κ1) is 14.2. The molecule has 2 N–H and O–H groups in total. The third kappa shape index (κ3) is 5.85. The molecule has 17 heavy (non-hydrogen) atoms. The second-order valence-electron chi connectivity index (χ2n) is 4.56. The van der Waals surface area contributed by atoms with Crippen LogP contribution in [-0.2, 0) is 11.2 Å². The Labute approximate surface area is 108 Å². The lowest BCUT2D eigenvalue weighted by Crippen LogP contribution is -2.09. The SMILES string of the molecule is CC(CCN)CCC(=O)Cc1ccc(Cl)cc1. The second-order valence-corrected chi connectivity index (χ2v) is 5.00. The Morgan fingerprint density at radius 1 is 1.29 bits per heavy atom. The molecule has 1 aromatic carbocycles. The number of carbonyl (C=O) groups excluding carboxylic acids is 1. The third-order valence-electron chi connectivity index (χ3n) is 2.89. The molecule has 0 amide bonds. The zero-order chi connectivity index (χ0) is 12.7. The molecule has 2 nitrogen and oxygen atoms in total. The van der Waals surface area contributed by atoms with Gasteiger partial charge in [0.2, 0.25) is 0 Å². The van der Waals surface area contributed by atoms with Crippen LogP contribution in [0.4, 0.5) is 0 Å². The largest absolute Gasteiger partial charge is 0.330 e. The van der Waals surface area contributed by atoms with Gasteiger partial charge >= 0.3 is 0 Å². The molecule has 1 atom stereocenters. The summed E-state index contributed by atoms with van der Waals surface area (Å²) in [6.07, 6.45) is 3.08. The normalized spacial score (nSPS) is 12.4. The fraction of sp³-hybridized carbons (Fsp3) is 0.500. The van der Waals surface area contributed by atoms with Crippen LogP contribution in [0.5, 0.6) is 0 Å². The minimum absolute atomic E-state index is 0.288. The van der Waals surface area contributed by atoms with Crippen LogP contribution in [0, 0.1) is 5.92 Å². The lowest BCUT2D eigenvalue weighted by Gasteiger charge is -2.08. The van der Waals surface area contributed by atoms with Gasteiger partial charge < -0.3 is 5.73 Å². The summed E-state index contributed by atoms with van der Waals surface area (Å²) in [7, 11) is 0. The summed E-state index contributed by atoms with van der Waals surface area (Å²) >= 11 is 5.79. The highest BCUT2D eigenvalue weighted by molar-refractivity contribution is 6.30. The molecule has 0 aliphatic rings. The summed E-state index contributed by atoms with van der Waals surface area (Å²) < 4.78 is 0. The van der Waals surface area contributed by atoms with Gasteiger partial charge in [0.15, 0.2) is 0 Å². The van der Waals surface area contributed by atoms with Crippen molar-refractivity contribution < 1.29 is 4.79 Å². The molecule has 1 aromatic rings. The van der Waals surface area contributed by atoms with Crippen LogP contribution in [0.1, 0.15) is 31.7 Å². The van der Waals surface area contributed by atoms with Gasteiger partial charge in [0.1, 0.15) is 5.78 Å². The number of halogens is 1. The van der Waals surface area contributed by atoms with Crippen molar-refractivity contribution in [3.05, 3.63) is 34.9 Å². The molecule has 0 radical (unpaired) electrons. The van der Waals surface area contributed by atoms with E-state index in [-0.39, 0.29) is 5.78 Å². The quantitative estimate of drug-likeness (QED) is 0.811. The van der Waals surface area contributed by atoms with Crippen LogP contribution >= 0.6 is 11.6 Å². The molecule has 94 valence electrons. The predicted octanol–water partition coefficient (Wildman–Crippen LogP) is 3.22. The van der Waals surface area contributed by atoms with Crippen molar-refractivity contribution >= 4 is 17.4 Å². The Morgan fingerprint density at radius 3 is 2.53 bits per heavy atom. The number of rotatable bonds is 7. The Morgan fingerprint density at radius 2 is 1.94 bits per heavy atom. The van der Waals surface area contributed by atoms with Gasteiger partial charge in [-0.1, -0.05) is 30.7 Å². The van der Waals surface area contributed by atoms with E-state index in [0.29, 0.717) is 30.3 Å². The van der Waals surface area contributed by atoms with E-state index >= 15 is 0 Å². The Balaban J connectivity index is 2.32. The van der Waals surface area contributed by atoms with Gasteiger partial charge in [0.05, 0.1) is 0 Å². The molecule has 0 saturated carbocycles. The van der Waals surface area contributed by atoms with Gasteiger partial charge in [0, 0.05) is 17.9 Å². The third-order valence-corrected chi connectivity index (χ3v) is 3.14. The van der Waals surface area contributed by atoms with Crippen LogP contribution in [-0.4, -0.2) is 12.3 Å². The molecule has 0 heterocycles. The van der Waals surface area contributed by atoms with E-state index in [2.05, 4.69) is 6.92 Å². The Bertz CT molecular complexity index is 348. The van der Waals surface area contributed by atoms with Crippen molar-refractivity contribution in [3.8, 4) is 0 Å². The number of nitrogens with two attached hydrogens (primary N) is 1. The van der Waals surface area contributed by atoms with Crippen LogP contribution in [0.3, 0.4) is 0 Å². The van der Waals surface area contributed by atoms with E-state index in [1.165, 1.54) is 0 Å². The Kier molecular flexibility index (Phi) is 6.23. The van der Waals surface area contributed by atoms with Gasteiger partial charge in [-0.3, -0.25) is 4.79 Å². The predicted molar refractivity (Wildman–Crippen MR) is 72.2 cm³/mol. The van der Waals surface area contributed by atoms with Gasteiger partial charge in [-0.25, -0.2) is 0 Å². The average Bonchev–Trinajstić information content (AvgIpc) is 2.30. The number of Topliss-reactive ketones (excluding diaryl/α,β-unsaturated/α-hetero) is 1. The molecular weight excluding hydrogens is 234 g/mol. The van der Waals surface area contributed by atoms with E-state index in [1.54, 1.807) is 0 Å². The maximum absolute atomic E-state index is 11.7. The van der Waals surface area contributed by atoms with E-state index in [0.717, 1.165) is 18.4 Å². The lowest BCUT2D eigenvalue weighted by molar-refractivity contribution is -0.118. The highest BCUT2D eigenvalue weighted by Crippen LogP contribution is 2.13. The molecule has 0 saturated heterocycles. The standard InChI is InChI=1S/C14H20ClNO/c1-11(8-9-16)2-7-14(17)10-12-3-5-13(15)6-4-12/h3-6,11H,2,7-10,16H2,1H3. The molecule has 0 fully saturated rings. The fourth-order valence-corrected chi connectivity index (χ4v) is 1.88. The van der Waals surface area contributed by atoms with E-state index in [1.807, 2.05) is 24.3 Å². The van der Waals surface area contributed by atoms with Gasteiger partial charge in [-0.15, -0.1) is 0 Å². The summed E-state index contributed by atoms with van der Waals surface area (Å²) in [6.45, 7) is 2.84. The molecule has 0 bridgehead atoms. The highest BCUT2D eigenvalue weighted by Gasteiger charge is 2.07. The average molecular weight is 254 g/mol. The molecule has 0 aliphatic carbocycles. The molecule has 0 aromatic heterocycles. The van der Waals surface area contributed by atoms with Crippen LogP contribution in [0.25, 0.3) is 0 Å². The van der Waals surface area contributed by atoms with Crippen LogP contribution in [0.2, 0.25) is 5.02 Å². The first-order chi connectivity index (χ1) is 8.11. The van der Waals surface area contributed by atoms with Crippen molar-refractivity contribution in [2.24, 2.45) is 11.7 Å². The van der Waals surface area contributed by atoms with Crippen molar-refractivity contribution in [2.45, 2.75) is 32.6 Å². The highest BCUT2D eigenvalue weighted by atomic mass is 35.5. The van der Waals surface area contributed by atoms with Crippen molar-refractivity contribution in [1.29, 1.82) is 0 Å². The van der Waals surface area contributed by atoms with Crippen LogP contribution in [0.15, 0.2) is 24.3 Å². The van der Waals surface area contributed by atoms with E-state index in [9.17, 15) is 4.79 Å². The van der Waals surface area contributed by atoms with Crippen molar-refractivity contribution in [1.82, 2.24) is 0 Å². The fourth-order valence-electron chi connectivity index (χ4n) is 1.75. The zero-order valence-corrected chi connectivity index (χ0v) is 11.0. The van der Waals surface area contributed by atoms with E-state index < -0.39 is 0 Å². The molecule has 3 heteroatoms. The number of carbonyl (C=O) groups is 1. The molecular formula is C14H20ClNO. The van der Waals surface area contributed by atoms with E-state index in [4.69, 9.17) is 17.3 Å². The lowest BCUT2D eigenvalue weighted by atomic mass is 9.98. The maximum atomic E-state index is 11.7. The van der Waals surface area contributed by atoms with Gasteiger partial charge in [-0.05, 0) is 43.0 Å². The number of benzene rings is 1. The molecule has 1 unspecified atom stereocenters. The number of hydrogen-bond donors (Lipinski definition) is 1. The summed E-state index contributed by atoms with van der Waals surface area (Å²) in [6, 6.07) is 7.45. The monoisotopic (exact) mass is 253 g/mol. The smallest absolute Gasteiger partial charge is 0.137 e. The number of ketones is 1. The topological polar surface area (TPSA) is 43.1 Å². The summed E-state index contributed by atoms with van der Waals surface area (Å²) in [5.74, 6) is 0.824. The van der Waals surface area contributed by atoms with Gasteiger partial charge in [0.25, 0.3) is 0 Å². The zero-order valence-electron chi connectivity index (χ0n) is 10.3. The second kappa shape index (κ2) is 7.46. The number of hydrogen-bond acceptors (Lipinski definition) is 2. The van der Waals surface area contributed by atoms with Gasteiger partial charge in [-0.2, -0.15) is 0 Å². The summed E-state index contributed by atoms with van der Waals surface area (Å²) in [5.41, 5.74) is 6.51. The first-order valence-corrected chi connectivity index (χ1v) is 6.46. The molecule has 1 rings (SSSR count). The maximum Gasteiger partial charge on any atom is 0.137 e. The summed E-state index contributed by atoms with van der Waals surface area (Å²) in [5, 5.41) is 0.706. The van der Waals surface area contributed by atoms with Crippen molar-refractivity contribution in [2.75, 3.05) is 6.54 Å². The van der Waals surface area contributed by atoms with Crippen molar-refractivity contribution in [3.63, 3.8) is 0 Å². The molecule has 0 spiro atoms. The minimum atomic E-state index is 0.288. The van der Waals surface area contributed by atoms with Crippen LogP contribution < -0.4 is 5.73 Å². The summed E-state index contributed by atoms with van der Waals surface area (Å²) in [4.78, 5) is 11.7. The Hall–Kier alpha value is -0.860. The molecule has 0 aliphatic heterocycles. The minimum Gasteiger partial charge on any atom is -0.330 e. The first-order valence-electron chi connectivity index (χ1n) is 6.08.